The van der Waals surface area contributed by atoms with E-state index in [1.54, 1.807) is 0 Å². The van der Waals surface area contributed by atoms with Gasteiger partial charge in [0.15, 0.2) is 5.78 Å². The summed E-state index contributed by atoms with van der Waals surface area (Å²) in [6.07, 6.45) is 1.09. The molecule has 4 unspecified atom stereocenters. The maximum Gasteiger partial charge on any atom is 0.340 e. The van der Waals surface area contributed by atoms with Crippen LogP contribution in [-0.4, -0.2) is 89.6 Å². The Morgan fingerprint density at radius 1 is 1.25 bits per heavy atom. The van der Waals surface area contributed by atoms with Crippen LogP contribution in [0.2, 0.25) is 0 Å². The molecule has 134 valence electrons. The van der Waals surface area contributed by atoms with Crippen molar-refractivity contribution in [1.29, 1.82) is 0 Å². The van der Waals surface area contributed by atoms with Gasteiger partial charge in [-0.25, -0.2) is 9.18 Å². The van der Waals surface area contributed by atoms with E-state index < -0.39 is 23.8 Å². The molecule has 0 spiro atoms. The Morgan fingerprint density at radius 2 is 1.92 bits per heavy atom. The summed E-state index contributed by atoms with van der Waals surface area (Å²) >= 11 is 0. The molecule has 7 heteroatoms. The molecule has 0 radical (unpaired) electrons. The van der Waals surface area contributed by atoms with Gasteiger partial charge >= 0.3 is 5.97 Å². The highest BCUT2D eigenvalue weighted by Crippen LogP contribution is 2.38. The van der Waals surface area contributed by atoms with Gasteiger partial charge in [0.05, 0.1) is 0 Å². The maximum absolute atomic E-state index is 14.8. The van der Waals surface area contributed by atoms with Gasteiger partial charge in [0.25, 0.3) is 0 Å². The number of Topliss-reactive ketones (excluding diaryl/α,β-unsaturated/α-hetero) is 1. The third-order valence-corrected chi connectivity index (χ3v) is 5.77. The van der Waals surface area contributed by atoms with Crippen LogP contribution in [0.4, 0.5) is 4.39 Å². The zero-order chi connectivity index (χ0) is 17.4. The minimum atomic E-state index is -1.21. The minimum Gasteiger partial charge on any atom is -0.478 e. The molecule has 0 aromatic carbocycles. The predicted octanol–water partition coefficient (Wildman–Crippen LogP) is 0.592. The number of rotatable bonds is 3. The zero-order valence-electron chi connectivity index (χ0n) is 14.3. The number of carboxylic acids is 1. The van der Waals surface area contributed by atoms with E-state index in [2.05, 4.69) is 16.8 Å². The summed E-state index contributed by atoms with van der Waals surface area (Å²) in [7, 11) is 2.07. The molecule has 0 aromatic heterocycles. The number of carboxylic acid groups (broad SMARTS) is 1. The normalized spacial score (nSPS) is 35.5. The summed E-state index contributed by atoms with van der Waals surface area (Å²) < 4.78 is 14.8. The lowest BCUT2D eigenvalue weighted by Crippen LogP contribution is -2.60. The molecule has 1 aliphatic carbocycles. The number of halogens is 1. The molecular formula is C17H26FN3O3. The summed E-state index contributed by atoms with van der Waals surface area (Å²) in [6, 6.07) is -0.274. The van der Waals surface area contributed by atoms with E-state index in [9.17, 15) is 19.1 Å². The average Bonchev–Trinajstić information content (AvgIpc) is 2.56. The molecule has 1 saturated carbocycles. The molecule has 0 aromatic rings. The number of hydrogen-bond donors (Lipinski definition) is 1. The number of carbonyl (C=O) groups excluding carboxylic acids is 1. The monoisotopic (exact) mass is 339 g/mol. The summed E-state index contributed by atoms with van der Waals surface area (Å²) in [4.78, 5) is 30.1. The van der Waals surface area contributed by atoms with E-state index in [4.69, 9.17) is 0 Å². The Kier molecular flexibility index (Phi) is 4.92. The van der Waals surface area contributed by atoms with Crippen molar-refractivity contribution in [3.8, 4) is 0 Å². The van der Waals surface area contributed by atoms with Gasteiger partial charge in [0.1, 0.15) is 11.7 Å². The average molecular weight is 339 g/mol. The minimum absolute atomic E-state index is 0.0951. The fourth-order valence-corrected chi connectivity index (χ4v) is 4.31. The summed E-state index contributed by atoms with van der Waals surface area (Å²) in [5, 5.41) is 9.24. The zero-order valence-corrected chi connectivity index (χ0v) is 14.3. The molecule has 1 saturated heterocycles. The summed E-state index contributed by atoms with van der Waals surface area (Å²) in [5.74, 6) is -2.16. The van der Waals surface area contributed by atoms with Crippen molar-refractivity contribution in [2.24, 2.45) is 5.92 Å². The van der Waals surface area contributed by atoms with Gasteiger partial charge in [-0.1, -0.05) is 0 Å². The lowest BCUT2D eigenvalue weighted by atomic mass is 9.73. The van der Waals surface area contributed by atoms with E-state index in [0.29, 0.717) is 13.0 Å². The number of piperazine rings is 1. The standard InChI is InChI=1S/C17H26FN3O3/c1-3-20-10-12(17(23)24)16(22)11-8-13(18)15(9-14(11)20)21-6-4-19(2)5-7-21/h10-11,13-15H,3-9H2,1-2H3,(H,23,24). The van der Waals surface area contributed by atoms with Crippen molar-refractivity contribution in [2.75, 3.05) is 39.8 Å². The maximum atomic E-state index is 14.8. The van der Waals surface area contributed by atoms with Crippen LogP contribution in [0.15, 0.2) is 11.8 Å². The van der Waals surface area contributed by atoms with Crippen LogP contribution in [0.1, 0.15) is 19.8 Å². The van der Waals surface area contributed by atoms with Crippen molar-refractivity contribution in [3.05, 3.63) is 11.8 Å². The molecule has 4 atom stereocenters. The predicted molar refractivity (Wildman–Crippen MR) is 87.4 cm³/mol. The SMILES string of the molecule is CCN1C=C(C(=O)O)C(=O)C2CC(F)C(N3CCN(C)CC3)CC21. The van der Waals surface area contributed by atoms with Crippen LogP contribution in [0.5, 0.6) is 0 Å². The first-order chi connectivity index (χ1) is 11.4. The Labute approximate surface area is 141 Å². The van der Waals surface area contributed by atoms with Gasteiger partial charge in [-0.2, -0.15) is 0 Å². The first-order valence-electron chi connectivity index (χ1n) is 8.74. The number of nitrogens with zero attached hydrogens (tertiary/aromatic N) is 3. The molecule has 1 N–H and O–H groups in total. The fourth-order valence-electron chi connectivity index (χ4n) is 4.31. The van der Waals surface area contributed by atoms with Gasteiger partial charge in [-0.15, -0.1) is 0 Å². The number of ketones is 1. The Morgan fingerprint density at radius 3 is 2.50 bits per heavy atom. The van der Waals surface area contributed by atoms with Gasteiger partial charge in [0.2, 0.25) is 0 Å². The molecule has 24 heavy (non-hydrogen) atoms. The Balaban J connectivity index is 1.80. The van der Waals surface area contributed by atoms with Crippen molar-refractivity contribution in [2.45, 2.75) is 38.0 Å². The fraction of sp³-hybridized carbons (Fsp3) is 0.765. The molecule has 2 heterocycles. The smallest absolute Gasteiger partial charge is 0.340 e. The van der Waals surface area contributed by atoms with Crippen molar-refractivity contribution >= 4 is 11.8 Å². The van der Waals surface area contributed by atoms with Crippen molar-refractivity contribution in [1.82, 2.24) is 14.7 Å². The highest BCUT2D eigenvalue weighted by molar-refractivity contribution is 6.18. The van der Waals surface area contributed by atoms with E-state index in [1.165, 1.54) is 6.20 Å². The van der Waals surface area contributed by atoms with Crippen LogP contribution in [0.3, 0.4) is 0 Å². The van der Waals surface area contributed by atoms with Crippen LogP contribution < -0.4 is 0 Å². The quantitative estimate of drug-likeness (QED) is 0.760. The van der Waals surface area contributed by atoms with Crippen LogP contribution in [-0.2, 0) is 9.59 Å². The highest BCUT2D eigenvalue weighted by Gasteiger charge is 2.48. The third-order valence-electron chi connectivity index (χ3n) is 5.77. The van der Waals surface area contributed by atoms with Gasteiger partial charge in [-0.05, 0) is 26.8 Å². The Hall–Kier alpha value is -1.47. The van der Waals surface area contributed by atoms with E-state index >= 15 is 0 Å². The van der Waals surface area contributed by atoms with E-state index in [1.807, 2.05) is 11.8 Å². The van der Waals surface area contributed by atoms with Crippen molar-refractivity contribution < 1.29 is 19.1 Å². The third kappa shape index (κ3) is 3.07. The van der Waals surface area contributed by atoms with Gasteiger partial charge in [-0.3, -0.25) is 9.69 Å². The molecule has 3 aliphatic rings. The summed E-state index contributed by atoms with van der Waals surface area (Å²) in [5.41, 5.74) is -0.205. The number of likely N-dealkylation sites (N-methyl/N-ethyl adjacent to an activating group) is 1. The van der Waals surface area contributed by atoms with Crippen molar-refractivity contribution in [3.63, 3.8) is 0 Å². The Bertz CT molecular complexity index is 545. The number of fused-ring (bicyclic) bond motifs is 1. The number of aliphatic carboxylic acids is 1. The lowest BCUT2D eigenvalue weighted by molar-refractivity contribution is -0.138. The topological polar surface area (TPSA) is 64.1 Å². The van der Waals surface area contributed by atoms with E-state index in [0.717, 1.165) is 26.2 Å². The molecule has 2 fully saturated rings. The first kappa shape index (κ1) is 17.4. The second-order valence-electron chi connectivity index (χ2n) is 7.11. The van der Waals surface area contributed by atoms with Crippen LogP contribution in [0.25, 0.3) is 0 Å². The molecule has 0 amide bonds. The first-order valence-corrected chi connectivity index (χ1v) is 8.74. The number of alkyl halides is 1. The van der Waals surface area contributed by atoms with Crippen LogP contribution >= 0.6 is 0 Å². The largest absolute Gasteiger partial charge is 0.478 e. The lowest BCUT2D eigenvalue weighted by Gasteiger charge is -2.49. The second kappa shape index (κ2) is 6.80. The highest BCUT2D eigenvalue weighted by atomic mass is 19.1. The van der Waals surface area contributed by atoms with Crippen LogP contribution in [0, 0.1) is 5.92 Å². The van der Waals surface area contributed by atoms with Gasteiger partial charge < -0.3 is 14.9 Å². The second-order valence-corrected chi connectivity index (χ2v) is 7.11. The molecule has 6 nitrogen and oxygen atoms in total. The molecule has 0 bridgehead atoms. The molecular weight excluding hydrogens is 313 g/mol. The van der Waals surface area contributed by atoms with Gasteiger partial charge in [0, 0.05) is 56.9 Å². The molecule has 2 aliphatic heterocycles. The van der Waals surface area contributed by atoms with E-state index in [-0.39, 0.29) is 24.1 Å². The summed E-state index contributed by atoms with van der Waals surface area (Å²) in [6.45, 7) is 6.10. The molecule has 3 rings (SSSR count). The number of hydrogen-bond acceptors (Lipinski definition) is 5. The number of carbonyl (C=O) groups is 2.